The van der Waals surface area contributed by atoms with Crippen molar-refractivity contribution in [2.75, 3.05) is 0 Å². The highest BCUT2D eigenvalue weighted by molar-refractivity contribution is 6.34. The highest BCUT2D eigenvalue weighted by atomic mass is 35.5. The molecule has 15 heavy (non-hydrogen) atoms. The van der Waals surface area contributed by atoms with E-state index in [-0.39, 0.29) is 22.0 Å². The summed E-state index contributed by atoms with van der Waals surface area (Å²) in [5.74, 6) is -1.51. The van der Waals surface area contributed by atoms with E-state index < -0.39 is 12.1 Å². The third kappa shape index (κ3) is 3.28. The number of halogens is 5. The zero-order valence-electron chi connectivity index (χ0n) is 7.91. The van der Waals surface area contributed by atoms with E-state index in [9.17, 15) is 13.2 Å². The first-order valence-corrected chi connectivity index (χ1v) is 5.13. The van der Waals surface area contributed by atoms with Gasteiger partial charge in [0.2, 0.25) is 0 Å². The smallest absolute Gasteiger partial charge is 0.170 e. The van der Waals surface area contributed by atoms with Crippen molar-refractivity contribution in [1.29, 1.82) is 0 Å². The number of alkyl halides is 3. The number of hydrogen-bond donors (Lipinski definition) is 0. The van der Waals surface area contributed by atoms with Crippen molar-refractivity contribution < 1.29 is 13.2 Å². The molecule has 0 aliphatic rings. The highest BCUT2D eigenvalue weighted by Gasteiger charge is 2.39. The van der Waals surface area contributed by atoms with Crippen LogP contribution in [0.1, 0.15) is 24.8 Å². The van der Waals surface area contributed by atoms with Gasteiger partial charge in [-0.3, -0.25) is 0 Å². The largest absolute Gasteiger partial charge is 0.395 e. The quantitative estimate of drug-likeness (QED) is 0.695. The first kappa shape index (κ1) is 12.7. The van der Waals surface area contributed by atoms with E-state index in [0.29, 0.717) is 0 Å². The molecule has 0 saturated carbocycles. The van der Waals surface area contributed by atoms with Gasteiger partial charge >= 0.3 is 6.18 Å². The van der Waals surface area contributed by atoms with Crippen LogP contribution >= 0.6 is 23.2 Å². The Balaban J connectivity index is 3.13. The van der Waals surface area contributed by atoms with Crippen LogP contribution in [-0.2, 0) is 0 Å². The van der Waals surface area contributed by atoms with Crippen LogP contribution in [0.4, 0.5) is 13.2 Å². The molecule has 0 saturated heterocycles. The molecule has 0 fully saturated rings. The minimum Gasteiger partial charge on any atom is -0.170 e. The summed E-state index contributed by atoms with van der Waals surface area (Å²) >= 11 is 11.3. The van der Waals surface area contributed by atoms with Gasteiger partial charge in [-0.1, -0.05) is 30.1 Å². The van der Waals surface area contributed by atoms with Crippen molar-refractivity contribution in [3.63, 3.8) is 0 Å². The molecule has 1 aromatic carbocycles. The Morgan fingerprint density at radius 2 is 1.60 bits per heavy atom. The Bertz CT molecular complexity index is 327. The molecule has 0 amide bonds. The maximum absolute atomic E-state index is 12.6. The highest BCUT2D eigenvalue weighted by Crippen LogP contribution is 2.38. The van der Waals surface area contributed by atoms with Crippen LogP contribution in [-0.4, -0.2) is 6.18 Å². The first-order chi connectivity index (χ1) is 6.84. The molecule has 0 nitrogen and oxygen atoms in total. The lowest BCUT2D eigenvalue weighted by atomic mass is 9.96. The summed E-state index contributed by atoms with van der Waals surface area (Å²) < 4.78 is 37.8. The summed E-state index contributed by atoms with van der Waals surface area (Å²) in [6.45, 7) is 1.48. The fraction of sp³-hybridized carbons (Fsp3) is 0.400. The van der Waals surface area contributed by atoms with E-state index in [1.165, 1.54) is 25.1 Å². The van der Waals surface area contributed by atoms with Gasteiger partial charge < -0.3 is 0 Å². The lowest BCUT2D eigenvalue weighted by molar-refractivity contribution is -0.151. The van der Waals surface area contributed by atoms with Crippen molar-refractivity contribution in [2.45, 2.75) is 25.4 Å². The van der Waals surface area contributed by atoms with Crippen molar-refractivity contribution >= 4 is 23.2 Å². The second-order valence-corrected chi connectivity index (χ2v) is 4.08. The zero-order chi connectivity index (χ0) is 11.6. The second-order valence-electron chi connectivity index (χ2n) is 3.21. The molecular weight excluding hydrogens is 248 g/mol. The average Bonchev–Trinajstić information content (AvgIpc) is 1.99. The summed E-state index contributed by atoms with van der Waals surface area (Å²) in [6.07, 6.45) is -4.29. The summed E-state index contributed by atoms with van der Waals surface area (Å²) in [6, 6.07) is 4.01. The molecule has 1 rings (SSSR count). The number of rotatable bonds is 2. The molecule has 0 aliphatic heterocycles. The minimum atomic E-state index is -4.26. The molecule has 0 heterocycles. The molecule has 0 aliphatic carbocycles. The fourth-order valence-electron chi connectivity index (χ4n) is 1.43. The summed E-state index contributed by atoms with van der Waals surface area (Å²) in [7, 11) is 0. The van der Waals surface area contributed by atoms with Gasteiger partial charge in [-0.2, -0.15) is 13.2 Å². The molecule has 0 spiro atoms. The molecule has 0 aromatic heterocycles. The summed E-state index contributed by atoms with van der Waals surface area (Å²) in [5.41, 5.74) is 0.113. The third-order valence-corrected chi connectivity index (χ3v) is 2.53. The van der Waals surface area contributed by atoms with Gasteiger partial charge in [0.15, 0.2) is 0 Å². The van der Waals surface area contributed by atoms with Crippen LogP contribution in [0.5, 0.6) is 0 Å². The minimum absolute atomic E-state index is 0.0276. The number of benzene rings is 1. The van der Waals surface area contributed by atoms with Crippen molar-refractivity contribution in [1.82, 2.24) is 0 Å². The Hall–Kier alpha value is -0.410. The summed E-state index contributed by atoms with van der Waals surface area (Å²) in [5, 5.41) is 0.445. The molecule has 5 heteroatoms. The van der Waals surface area contributed by atoms with Crippen LogP contribution in [0.3, 0.4) is 0 Å². The molecule has 0 radical (unpaired) electrons. The molecular formula is C10H9Cl2F3. The van der Waals surface area contributed by atoms with Gasteiger partial charge in [-0.25, -0.2) is 0 Å². The predicted molar refractivity (Wildman–Crippen MR) is 55.5 cm³/mol. The van der Waals surface area contributed by atoms with E-state index in [4.69, 9.17) is 23.2 Å². The summed E-state index contributed by atoms with van der Waals surface area (Å²) in [4.78, 5) is 0. The van der Waals surface area contributed by atoms with Crippen LogP contribution in [0.2, 0.25) is 10.0 Å². The van der Waals surface area contributed by atoms with Crippen molar-refractivity contribution in [3.8, 4) is 0 Å². The van der Waals surface area contributed by atoms with Crippen molar-refractivity contribution in [2.24, 2.45) is 0 Å². The van der Waals surface area contributed by atoms with Crippen LogP contribution in [0, 0.1) is 0 Å². The molecule has 1 atom stereocenters. The van der Waals surface area contributed by atoms with E-state index >= 15 is 0 Å². The standard InChI is InChI=1S/C10H9Cl2F3/c1-2-9(10(13,14)15)6-3-7(11)5-8(12)4-6/h3-5,9H,2H2,1H3. The maximum atomic E-state index is 12.6. The van der Waals surface area contributed by atoms with Crippen LogP contribution < -0.4 is 0 Å². The fourth-order valence-corrected chi connectivity index (χ4v) is 1.98. The zero-order valence-corrected chi connectivity index (χ0v) is 9.42. The van der Waals surface area contributed by atoms with E-state index in [1.54, 1.807) is 0 Å². The normalized spacial score (nSPS) is 14.0. The van der Waals surface area contributed by atoms with Gasteiger partial charge in [-0.05, 0) is 30.2 Å². The molecule has 1 aromatic rings. The Morgan fingerprint density at radius 1 is 1.13 bits per heavy atom. The van der Waals surface area contributed by atoms with Gasteiger partial charge in [0.25, 0.3) is 0 Å². The monoisotopic (exact) mass is 256 g/mol. The van der Waals surface area contributed by atoms with Crippen LogP contribution in [0.25, 0.3) is 0 Å². The maximum Gasteiger partial charge on any atom is 0.395 e. The lowest BCUT2D eigenvalue weighted by Crippen LogP contribution is -2.20. The Labute approximate surface area is 96.0 Å². The van der Waals surface area contributed by atoms with E-state index in [1.807, 2.05) is 0 Å². The SMILES string of the molecule is CCC(c1cc(Cl)cc(Cl)c1)C(F)(F)F. The molecule has 0 N–H and O–H groups in total. The first-order valence-electron chi connectivity index (χ1n) is 4.37. The Kier molecular flexibility index (Phi) is 3.90. The number of hydrogen-bond acceptors (Lipinski definition) is 0. The third-order valence-electron chi connectivity index (χ3n) is 2.09. The van der Waals surface area contributed by atoms with E-state index in [0.717, 1.165) is 0 Å². The van der Waals surface area contributed by atoms with Gasteiger partial charge in [0, 0.05) is 10.0 Å². The molecule has 0 bridgehead atoms. The topological polar surface area (TPSA) is 0 Å². The Morgan fingerprint density at radius 3 is 1.93 bits per heavy atom. The van der Waals surface area contributed by atoms with Crippen molar-refractivity contribution in [3.05, 3.63) is 33.8 Å². The van der Waals surface area contributed by atoms with Crippen LogP contribution in [0.15, 0.2) is 18.2 Å². The molecule has 84 valence electrons. The predicted octanol–water partition coefficient (Wildman–Crippen LogP) is 5.05. The average molecular weight is 257 g/mol. The van der Waals surface area contributed by atoms with Gasteiger partial charge in [-0.15, -0.1) is 0 Å². The van der Waals surface area contributed by atoms with E-state index in [2.05, 4.69) is 0 Å². The van der Waals surface area contributed by atoms with Gasteiger partial charge in [0.05, 0.1) is 5.92 Å². The molecule has 1 unspecified atom stereocenters. The van der Waals surface area contributed by atoms with Gasteiger partial charge in [0.1, 0.15) is 0 Å². The second kappa shape index (κ2) is 4.62. The lowest BCUT2D eigenvalue weighted by Gasteiger charge is -2.19.